The molecule has 26 heavy (non-hydrogen) atoms. The summed E-state index contributed by atoms with van der Waals surface area (Å²) in [6.07, 6.45) is 2.71. The van der Waals surface area contributed by atoms with Gasteiger partial charge in [0.25, 0.3) is 0 Å². The van der Waals surface area contributed by atoms with Gasteiger partial charge in [-0.3, -0.25) is 4.79 Å². The Morgan fingerprint density at radius 1 is 1.23 bits per heavy atom. The molecule has 6 heteroatoms. The zero-order chi connectivity index (χ0) is 19.2. The fourth-order valence-electron chi connectivity index (χ4n) is 3.52. The summed E-state index contributed by atoms with van der Waals surface area (Å²) in [5.41, 5.74) is 6.09. The molecule has 4 N–H and O–H groups in total. The Morgan fingerprint density at radius 3 is 2.38 bits per heavy atom. The number of carbonyl (C=O) groups is 2. The van der Waals surface area contributed by atoms with Crippen molar-refractivity contribution >= 4 is 12.1 Å². The van der Waals surface area contributed by atoms with Gasteiger partial charge in [-0.15, -0.1) is 0 Å². The summed E-state index contributed by atoms with van der Waals surface area (Å²) < 4.78 is 5.51. The maximum Gasteiger partial charge on any atom is 0.404 e. The minimum atomic E-state index is -1.00. The van der Waals surface area contributed by atoms with Crippen LogP contribution < -0.4 is 11.1 Å². The molecule has 0 saturated heterocycles. The number of nitrogens with one attached hydrogen (secondary N) is 1. The number of benzene rings is 1. The molecule has 0 radical (unpaired) electrons. The Bertz CT molecular complexity index is 595. The first-order chi connectivity index (χ1) is 12.3. The summed E-state index contributed by atoms with van der Waals surface area (Å²) in [7, 11) is 0. The number of esters is 1. The SMILES string of the molecule is CC(C)(CN)OC(=O)[C@H]1CC[C@H](C(Cc2ccccc2)NC(=O)O)CC1. The molecule has 1 fully saturated rings. The first-order valence-corrected chi connectivity index (χ1v) is 9.27. The molecule has 6 nitrogen and oxygen atoms in total. The van der Waals surface area contributed by atoms with Gasteiger partial charge in [0.1, 0.15) is 5.60 Å². The molecular formula is C20H30N2O4. The number of hydrogen-bond donors (Lipinski definition) is 3. The zero-order valence-corrected chi connectivity index (χ0v) is 15.6. The molecule has 1 aromatic rings. The Hall–Kier alpha value is -2.08. The van der Waals surface area contributed by atoms with E-state index >= 15 is 0 Å². The second-order valence-electron chi connectivity index (χ2n) is 7.74. The van der Waals surface area contributed by atoms with E-state index < -0.39 is 11.7 Å². The highest BCUT2D eigenvalue weighted by molar-refractivity contribution is 5.73. The first kappa shape index (κ1) is 20.2. The van der Waals surface area contributed by atoms with Gasteiger partial charge in [-0.1, -0.05) is 30.3 Å². The standard InChI is InChI=1S/C20H30N2O4/c1-20(2,13-21)26-18(23)16-10-8-15(9-11-16)17(22-19(24)25)12-14-6-4-3-5-7-14/h3-7,15-17,22H,8-13,21H2,1-2H3,(H,24,25)/t15-,16-,17?. The van der Waals surface area contributed by atoms with E-state index in [1.54, 1.807) is 0 Å². The Balaban J connectivity index is 1.94. The van der Waals surface area contributed by atoms with Crippen molar-refractivity contribution in [1.82, 2.24) is 5.32 Å². The molecule has 144 valence electrons. The van der Waals surface area contributed by atoms with Crippen LogP contribution in [0.5, 0.6) is 0 Å². The van der Waals surface area contributed by atoms with Gasteiger partial charge in [0.2, 0.25) is 0 Å². The molecule has 0 heterocycles. The van der Waals surface area contributed by atoms with Gasteiger partial charge in [0.15, 0.2) is 0 Å². The largest absolute Gasteiger partial charge is 0.465 e. The molecule has 1 amide bonds. The summed E-state index contributed by atoms with van der Waals surface area (Å²) in [5.74, 6) is -0.0955. The third kappa shape index (κ3) is 6.02. The average molecular weight is 362 g/mol. The fourth-order valence-corrected chi connectivity index (χ4v) is 3.52. The lowest BCUT2D eigenvalue weighted by molar-refractivity contribution is -0.162. The van der Waals surface area contributed by atoms with Crippen LogP contribution in [0.1, 0.15) is 45.1 Å². The Kier molecular flexibility index (Phi) is 7.03. The highest BCUT2D eigenvalue weighted by Gasteiger charge is 2.34. The van der Waals surface area contributed by atoms with Crippen LogP contribution in [0.15, 0.2) is 30.3 Å². The van der Waals surface area contributed by atoms with Crippen molar-refractivity contribution in [1.29, 1.82) is 0 Å². The van der Waals surface area contributed by atoms with E-state index in [1.165, 1.54) is 0 Å². The van der Waals surface area contributed by atoms with E-state index in [0.29, 0.717) is 6.42 Å². The number of hydrogen-bond acceptors (Lipinski definition) is 4. The number of ether oxygens (including phenoxy) is 1. The van der Waals surface area contributed by atoms with Gasteiger partial charge in [-0.2, -0.15) is 0 Å². The fraction of sp³-hybridized carbons (Fsp3) is 0.600. The maximum atomic E-state index is 12.3. The number of carbonyl (C=O) groups excluding carboxylic acids is 1. The molecule has 1 aromatic carbocycles. The summed E-state index contributed by atoms with van der Waals surface area (Å²) >= 11 is 0. The zero-order valence-electron chi connectivity index (χ0n) is 15.6. The van der Waals surface area contributed by atoms with Gasteiger partial charge in [-0.05, 0) is 57.4 Å². The Morgan fingerprint density at radius 2 is 1.85 bits per heavy atom. The van der Waals surface area contributed by atoms with Crippen molar-refractivity contribution in [3.63, 3.8) is 0 Å². The summed E-state index contributed by atoms with van der Waals surface area (Å²) in [5, 5.41) is 11.9. The average Bonchev–Trinajstić information content (AvgIpc) is 2.61. The molecular weight excluding hydrogens is 332 g/mol. The minimum Gasteiger partial charge on any atom is -0.465 e. The molecule has 1 aliphatic carbocycles. The van der Waals surface area contributed by atoms with E-state index in [1.807, 2.05) is 44.2 Å². The normalized spacial score (nSPS) is 21.7. The van der Waals surface area contributed by atoms with E-state index in [0.717, 1.165) is 31.2 Å². The van der Waals surface area contributed by atoms with Crippen LogP contribution in [-0.4, -0.2) is 35.4 Å². The molecule has 0 spiro atoms. The quantitative estimate of drug-likeness (QED) is 0.647. The molecule has 0 aromatic heterocycles. The van der Waals surface area contributed by atoms with Crippen molar-refractivity contribution in [2.75, 3.05) is 6.54 Å². The third-order valence-electron chi connectivity index (χ3n) is 5.15. The van der Waals surface area contributed by atoms with Crippen molar-refractivity contribution in [2.24, 2.45) is 17.6 Å². The van der Waals surface area contributed by atoms with Gasteiger partial charge < -0.3 is 20.9 Å². The van der Waals surface area contributed by atoms with Crippen molar-refractivity contribution in [2.45, 2.75) is 57.6 Å². The lowest BCUT2D eigenvalue weighted by atomic mass is 9.77. The summed E-state index contributed by atoms with van der Waals surface area (Å²) in [6.45, 7) is 3.90. The minimum absolute atomic E-state index is 0.126. The molecule has 0 aliphatic heterocycles. The lowest BCUT2D eigenvalue weighted by Gasteiger charge is -2.34. The smallest absolute Gasteiger partial charge is 0.404 e. The second-order valence-corrected chi connectivity index (χ2v) is 7.74. The van der Waals surface area contributed by atoms with Gasteiger partial charge in [0, 0.05) is 12.6 Å². The molecule has 1 atom stereocenters. The van der Waals surface area contributed by atoms with Gasteiger partial charge in [-0.25, -0.2) is 4.79 Å². The molecule has 1 aliphatic rings. The summed E-state index contributed by atoms with van der Waals surface area (Å²) in [6, 6.07) is 9.73. The van der Waals surface area contributed by atoms with Crippen LogP contribution >= 0.6 is 0 Å². The van der Waals surface area contributed by atoms with Gasteiger partial charge >= 0.3 is 12.1 Å². The van der Waals surface area contributed by atoms with Crippen molar-refractivity contribution in [3.05, 3.63) is 35.9 Å². The van der Waals surface area contributed by atoms with Crippen molar-refractivity contribution < 1.29 is 19.4 Å². The second kappa shape index (κ2) is 9.03. The molecule has 1 saturated carbocycles. The van der Waals surface area contributed by atoms with Crippen LogP contribution in [0.4, 0.5) is 4.79 Å². The number of amides is 1. The van der Waals surface area contributed by atoms with Crippen LogP contribution in [0, 0.1) is 11.8 Å². The van der Waals surface area contributed by atoms with Gasteiger partial charge in [0.05, 0.1) is 5.92 Å². The third-order valence-corrected chi connectivity index (χ3v) is 5.15. The van der Waals surface area contributed by atoms with Crippen LogP contribution in [0.25, 0.3) is 0 Å². The van der Waals surface area contributed by atoms with Crippen molar-refractivity contribution in [3.8, 4) is 0 Å². The summed E-state index contributed by atoms with van der Waals surface area (Å²) in [4.78, 5) is 23.5. The number of rotatable bonds is 7. The highest BCUT2D eigenvalue weighted by atomic mass is 16.6. The predicted octanol–water partition coefficient (Wildman–Crippen LogP) is 2.95. The maximum absolute atomic E-state index is 12.3. The highest BCUT2D eigenvalue weighted by Crippen LogP contribution is 2.33. The van der Waals surface area contributed by atoms with E-state index in [9.17, 15) is 14.7 Å². The Labute approximate surface area is 155 Å². The van der Waals surface area contributed by atoms with E-state index in [2.05, 4.69) is 5.32 Å². The molecule has 2 rings (SSSR count). The predicted molar refractivity (Wildman–Crippen MR) is 99.8 cm³/mol. The van der Waals surface area contributed by atoms with Crippen LogP contribution in [-0.2, 0) is 16.0 Å². The monoisotopic (exact) mass is 362 g/mol. The molecule has 1 unspecified atom stereocenters. The van der Waals surface area contributed by atoms with Crippen LogP contribution in [0.2, 0.25) is 0 Å². The van der Waals surface area contributed by atoms with E-state index in [-0.39, 0.29) is 30.4 Å². The van der Waals surface area contributed by atoms with Crippen LogP contribution in [0.3, 0.4) is 0 Å². The number of nitrogens with two attached hydrogens (primary N) is 1. The topological polar surface area (TPSA) is 102 Å². The van der Waals surface area contributed by atoms with E-state index in [4.69, 9.17) is 10.5 Å². The number of carboxylic acid groups (broad SMARTS) is 1. The molecule has 0 bridgehead atoms. The lowest BCUT2D eigenvalue weighted by Crippen LogP contribution is -2.44. The first-order valence-electron chi connectivity index (χ1n) is 9.27.